The molecule has 0 saturated heterocycles. The molecule has 6 nitrogen and oxygen atoms in total. The summed E-state index contributed by atoms with van der Waals surface area (Å²) in [6.07, 6.45) is 0.511. The first kappa shape index (κ1) is 22.8. The van der Waals surface area contributed by atoms with Crippen LogP contribution < -0.4 is 10.5 Å². The van der Waals surface area contributed by atoms with Gasteiger partial charge in [-0.2, -0.15) is 0 Å². The summed E-state index contributed by atoms with van der Waals surface area (Å²) in [7, 11) is -2.98. The Hall–Kier alpha value is -1.22. The lowest BCUT2D eigenvalue weighted by atomic mass is 9.92. The molecule has 0 aliphatic rings. The minimum Gasteiger partial charge on any atom is -0.465 e. The highest BCUT2D eigenvalue weighted by atomic mass is 35.5. The summed E-state index contributed by atoms with van der Waals surface area (Å²) >= 11 is 0. The zero-order valence-electron chi connectivity index (χ0n) is 14.1. The topological polar surface area (TPSA) is 98.5 Å². The monoisotopic (exact) mass is 382 g/mol. The third-order valence-corrected chi connectivity index (χ3v) is 5.02. The number of sulfonamides is 1. The number of ether oxygens (including phenoxy) is 1. The molecular weight excluding hydrogens is 359 g/mol. The number of benzene rings is 1. The standard InChI is InChI=1S/C15H23FN2O4S.ClH/c1-10(2)8-15(3,9-17)18-23(20,21)13-6-5-11(16)7-12(13)14(19)22-4;/h5-7,10,18H,8-9,17H2,1-4H3;1H. The van der Waals surface area contributed by atoms with Crippen molar-refractivity contribution >= 4 is 28.4 Å². The molecule has 0 bridgehead atoms. The van der Waals surface area contributed by atoms with Gasteiger partial charge in [0, 0.05) is 12.1 Å². The van der Waals surface area contributed by atoms with Gasteiger partial charge in [-0.15, -0.1) is 12.4 Å². The molecule has 138 valence electrons. The van der Waals surface area contributed by atoms with E-state index in [1.54, 1.807) is 6.92 Å². The number of halogens is 2. The van der Waals surface area contributed by atoms with E-state index in [-0.39, 0.29) is 35.3 Å². The lowest BCUT2D eigenvalue weighted by molar-refractivity contribution is 0.0595. The van der Waals surface area contributed by atoms with Crippen LogP contribution in [0.2, 0.25) is 0 Å². The molecule has 0 fully saturated rings. The molecule has 0 spiro atoms. The second-order valence-corrected chi connectivity index (χ2v) is 7.75. The Morgan fingerprint density at radius 1 is 1.42 bits per heavy atom. The van der Waals surface area contributed by atoms with Gasteiger partial charge in [0.15, 0.2) is 0 Å². The molecule has 0 amide bonds. The van der Waals surface area contributed by atoms with E-state index in [2.05, 4.69) is 9.46 Å². The SMILES string of the molecule is COC(=O)c1cc(F)ccc1S(=O)(=O)NC(C)(CN)CC(C)C.Cl. The number of hydrogen-bond donors (Lipinski definition) is 2. The fourth-order valence-corrected chi connectivity index (χ4v) is 4.06. The van der Waals surface area contributed by atoms with E-state index < -0.39 is 27.3 Å². The number of esters is 1. The van der Waals surface area contributed by atoms with Crippen molar-refractivity contribution in [2.45, 2.75) is 37.6 Å². The lowest BCUT2D eigenvalue weighted by Crippen LogP contribution is -2.52. The van der Waals surface area contributed by atoms with Crippen molar-refractivity contribution in [2.75, 3.05) is 13.7 Å². The second kappa shape index (κ2) is 8.75. The Morgan fingerprint density at radius 2 is 2.00 bits per heavy atom. The quantitative estimate of drug-likeness (QED) is 0.703. The van der Waals surface area contributed by atoms with Crippen LogP contribution in [0.5, 0.6) is 0 Å². The summed E-state index contributed by atoms with van der Waals surface area (Å²) in [6.45, 7) is 5.66. The number of nitrogens with two attached hydrogens (primary N) is 1. The normalized spacial score (nSPS) is 14.0. The maximum Gasteiger partial charge on any atom is 0.339 e. The van der Waals surface area contributed by atoms with E-state index in [0.717, 1.165) is 25.3 Å². The number of hydrogen-bond acceptors (Lipinski definition) is 5. The molecule has 1 aromatic rings. The van der Waals surface area contributed by atoms with Crippen LogP contribution in [0.25, 0.3) is 0 Å². The molecule has 3 N–H and O–H groups in total. The highest BCUT2D eigenvalue weighted by molar-refractivity contribution is 7.89. The Bertz CT molecular complexity index is 682. The van der Waals surface area contributed by atoms with E-state index in [9.17, 15) is 17.6 Å². The summed E-state index contributed by atoms with van der Waals surface area (Å²) in [5.74, 6) is -1.45. The summed E-state index contributed by atoms with van der Waals surface area (Å²) < 4.78 is 45.7. The molecule has 9 heteroatoms. The Balaban J connectivity index is 0.00000529. The summed E-state index contributed by atoms with van der Waals surface area (Å²) in [4.78, 5) is 11.4. The van der Waals surface area contributed by atoms with Gasteiger partial charge in [0.05, 0.1) is 17.6 Å². The highest BCUT2D eigenvalue weighted by Crippen LogP contribution is 2.23. The average molecular weight is 383 g/mol. The molecule has 1 unspecified atom stereocenters. The molecule has 0 aliphatic heterocycles. The first-order chi connectivity index (χ1) is 10.5. The van der Waals surface area contributed by atoms with Crippen molar-refractivity contribution < 1.29 is 22.3 Å². The predicted octanol–water partition coefficient (Wildman–Crippen LogP) is 2.08. The number of methoxy groups -OCH3 is 1. The zero-order valence-corrected chi connectivity index (χ0v) is 15.8. The lowest BCUT2D eigenvalue weighted by Gasteiger charge is -2.31. The first-order valence-electron chi connectivity index (χ1n) is 7.16. The number of carbonyl (C=O) groups is 1. The van der Waals surface area contributed by atoms with E-state index in [4.69, 9.17) is 5.73 Å². The number of rotatable bonds is 7. The van der Waals surface area contributed by atoms with Gasteiger partial charge in [0.25, 0.3) is 0 Å². The van der Waals surface area contributed by atoms with Gasteiger partial charge in [-0.3, -0.25) is 0 Å². The van der Waals surface area contributed by atoms with Gasteiger partial charge < -0.3 is 10.5 Å². The van der Waals surface area contributed by atoms with Crippen LogP contribution in [0.4, 0.5) is 4.39 Å². The highest BCUT2D eigenvalue weighted by Gasteiger charge is 2.32. The van der Waals surface area contributed by atoms with Crippen molar-refractivity contribution in [3.05, 3.63) is 29.6 Å². The van der Waals surface area contributed by atoms with Crippen molar-refractivity contribution in [3.8, 4) is 0 Å². The maximum absolute atomic E-state index is 13.4. The average Bonchev–Trinajstić information content (AvgIpc) is 2.44. The van der Waals surface area contributed by atoms with Gasteiger partial charge in [-0.1, -0.05) is 13.8 Å². The Labute approximate surface area is 148 Å². The molecule has 0 heterocycles. The number of nitrogens with one attached hydrogen (secondary N) is 1. The molecule has 24 heavy (non-hydrogen) atoms. The van der Waals surface area contributed by atoms with Crippen LogP contribution in [0.3, 0.4) is 0 Å². The smallest absolute Gasteiger partial charge is 0.339 e. The second-order valence-electron chi connectivity index (χ2n) is 6.10. The molecule has 0 aliphatic carbocycles. The molecule has 0 saturated carbocycles. The van der Waals surface area contributed by atoms with Crippen LogP contribution >= 0.6 is 12.4 Å². The molecule has 1 atom stereocenters. The first-order valence-corrected chi connectivity index (χ1v) is 8.65. The minimum atomic E-state index is -4.08. The summed E-state index contributed by atoms with van der Waals surface area (Å²) in [6, 6.07) is 2.85. The van der Waals surface area contributed by atoms with Crippen LogP contribution in [0.15, 0.2) is 23.1 Å². The molecule has 0 aromatic heterocycles. The van der Waals surface area contributed by atoms with Gasteiger partial charge >= 0.3 is 5.97 Å². The number of carbonyl (C=O) groups excluding carboxylic acids is 1. The van der Waals surface area contributed by atoms with Crippen LogP contribution in [0.1, 0.15) is 37.6 Å². The van der Waals surface area contributed by atoms with Crippen molar-refractivity contribution in [2.24, 2.45) is 11.7 Å². The van der Waals surface area contributed by atoms with Crippen LogP contribution in [-0.2, 0) is 14.8 Å². The fraction of sp³-hybridized carbons (Fsp3) is 0.533. The van der Waals surface area contributed by atoms with Crippen LogP contribution in [-0.4, -0.2) is 33.6 Å². The fourth-order valence-electron chi connectivity index (χ4n) is 2.45. The maximum atomic E-state index is 13.4. The third-order valence-electron chi connectivity index (χ3n) is 3.33. The molecule has 1 rings (SSSR count). The predicted molar refractivity (Wildman–Crippen MR) is 92.2 cm³/mol. The van der Waals surface area contributed by atoms with Crippen molar-refractivity contribution in [1.82, 2.24) is 4.72 Å². The van der Waals surface area contributed by atoms with E-state index in [0.29, 0.717) is 6.42 Å². The van der Waals surface area contributed by atoms with Crippen LogP contribution in [0, 0.1) is 11.7 Å². The third kappa shape index (κ3) is 5.70. The minimum absolute atomic E-state index is 0. The van der Waals surface area contributed by atoms with E-state index in [1.165, 1.54) is 0 Å². The largest absolute Gasteiger partial charge is 0.465 e. The van der Waals surface area contributed by atoms with Gasteiger partial charge in [-0.25, -0.2) is 22.3 Å². The summed E-state index contributed by atoms with van der Waals surface area (Å²) in [5.41, 5.74) is 4.47. The van der Waals surface area contributed by atoms with Crippen molar-refractivity contribution in [3.63, 3.8) is 0 Å². The van der Waals surface area contributed by atoms with E-state index >= 15 is 0 Å². The van der Waals surface area contributed by atoms with Gasteiger partial charge in [-0.05, 0) is 37.5 Å². The summed E-state index contributed by atoms with van der Waals surface area (Å²) in [5, 5.41) is 0. The van der Waals surface area contributed by atoms with E-state index in [1.807, 2.05) is 13.8 Å². The molecular formula is C15H24ClFN2O4S. The Morgan fingerprint density at radius 3 is 2.46 bits per heavy atom. The molecule has 1 aromatic carbocycles. The zero-order chi connectivity index (χ0) is 17.8. The van der Waals surface area contributed by atoms with Crippen molar-refractivity contribution in [1.29, 1.82) is 0 Å². The van der Waals surface area contributed by atoms with Gasteiger partial charge in [0.2, 0.25) is 10.0 Å². The van der Waals surface area contributed by atoms with Gasteiger partial charge in [0.1, 0.15) is 5.82 Å². The molecule has 0 radical (unpaired) electrons. The Kier molecular flexibility index (Phi) is 8.31.